The Morgan fingerprint density at radius 2 is 0.429 bits per heavy atom. The minimum atomic E-state index is 0. The number of nitrogens with two attached hydrogens (primary N) is 2. The Labute approximate surface area is 73.8 Å². The molecule has 0 aromatic carbocycles. The van der Waals surface area contributed by atoms with Crippen LogP contribution in [0.3, 0.4) is 0 Å². The van der Waals surface area contributed by atoms with Crippen LogP contribution in [0.4, 0.5) is 0 Å². The van der Waals surface area contributed by atoms with Gasteiger partial charge in [-0.2, -0.15) is 0 Å². The van der Waals surface area contributed by atoms with Crippen molar-refractivity contribution in [2.75, 3.05) is 0 Å². The molecule has 7 heteroatoms. The lowest BCUT2D eigenvalue weighted by molar-refractivity contribution is 1.26. The van der Waals surface area contributed by atoms with Crippen LogP contribution in [-0.2, 0) is 0 Å². The minimum Gasteiger partial charge on any atom is -0.274 e. The molecule has 0 aliphatic carbocycles. The van der Waals surface area contributed by atoms with Crippen molar-refractivity contribution < 1.29 is 0 Å². The number of hydrogen-bond acceptors (Lipinski definition) is 2. The molecule has 0 radical (unpaired) electrons. The van der Waals surface area contributed by atoms with Crippen molar-refractivity contribution in [3.05, 3.63) is 0 Å². The third-order valence-electron chi connectivity index (χ3n) is 0. The van der Waals surface area contributed by atoms with Gasteiger partial charge in [0.05, 0.1) is 0 Å². The highest BCUT2D eigenvalue weighted by atomic mass is 35.5. The molecule has 2 nitrogen and oxygen atoms in total. The van der Waals surface area contributed by atoms with E-state index in [1.165, 1.54) is 0 Å². The van der Waals surface area contributed by atoms with Gasteiger partial charge in [-0.05, 0) is 0 Å². The van der Waals surface area contributed by atoms with Crippen LogP contribution in [-0.4, -0.2) is 0 Å². The Balaban J connectivity index is -0.000000000500. The van der Waals surface area contributed by atoms with Crippen LogP contribution in [0.5, 0.6) is 0 Å². The highest BCUT2D eigenvalue weighted by molar-refractivity contribution is 5.86. The fourth-order valence-corrected chi connectivity index (χ4v) is 0. The monoisotopic (exact) mass is 212 g/mol. The first-order chi connectivity index (χ1) is 1.00. The number of hydrogen-bond donors (Lipinski definition) is 2. The molecule has 0 spiro atoms. The summed E-state index contributed by atoms with van der Waals surface area (Å²) in [6, 6.07) is 0. The van der Waals surface area contributed by atoms with Gasteiger partial charge in [-0.25, -0.2) is 0 Å². The molecule has 0 aromatic rings. The second-order valence-corrected chi connectivity index (χ2v) is 0. The van der Waals surface area contributed by atoms with Crippen molar-refractivity contribution in [1.82, 2.24) is 0 Å². The summed E-state index contributed by atoms with van der Waals surface area (Å²) in [5.41, 5.74) is 0. The van der Waals surface area contributed by atoms with E-state index in [4.69, 9.17) is 0 Å². The lowest BCUT2D eigenvalue weighted by atomic mass is 13.0. The largest absolute Gasteiger partial charge is 0.274 e. The van der Waals surface area contributed by atoms with E-state index in [-0.39, 0.29) is 62.0 Å². The summed E-state index contributed by atoms with van der Waals surface area (Å²) >= 11 is 0. The van der Waals surface area contributed by atoms with Crippen molar-refractivity contribution in [3.63, 3.8) is 0 Å². The Kier molecular flexibility index (Phi) is 1840. The fourth-order valence-electron chi connectivity index (χ4n) is 0. The van der Waals surface area contributed by atoms with Crippen molar-refractivity contribution in [2.24, 2.45) is 11.7 Å². The van der Waals surface area contributed by atoms with Gasteiger partial charge in [0.15, 0.2) is 0 Å². The maximum Gasteiger partial charge on any atom is -0.147 e. The van der Waals surface area contributed by atoms with Gasteiger partial charge < -0.3 is 0 Å². The zero-order valence-corrected chi connectivity index (χ0v) is 7.28. The van der Waals surface area contributed by atoms with Gasteiger partial charge in [0.1, 0.15) is 0 Å². The van der Waals surface area contributed by atoms with E-state index in [1.807, 2.05) is 0 Å². The van der Waals surface area contributed by atoms with E-state index in [9.17, 15) is 0 Å². The highest BCUT2D eigenvalue weighted by Gasteiger charge is 0.726. The molecule has 0 saturated carbocycles. The summed E-state index contributed by atoms with van der Waals surface area (Å²) in [5, 5.41) is 0. The van der Waals surface area contributed by atoms with E-state index >= 15 is 0 Å². The Morgan fingerprint density at radius 3 is 0.429 bits per heavy atom. The molecule has 0 aliphatic rings. The van der Waals surface area contributed by atoms with Crippen LogP contribution < -0.4 is 11.7 Å². The van der Waals surface area contributed by atoms with Crippen LogP contribution in [0, 0.1) is 0 Å². The fraction of sp³-hybridized carbons (Fsp3) is 0. The van der Waals surface area contributed by atoms with Gasteiger partial charge >= 0.3 is 0 Å². The third kappa shape index (κ3) is 113. The van der Waals surface area contributed by atoms with Crippen molar-refractivity contribution >= 4 is 62.0 Å². The molecule has 4 N–H and O–H groups in total. The lowest BCUT2D eigenvalue weighted by Gasteiger charge is -1.27. The molecule has 0 heterocycles. The van der Waals surface area contributed by atoms with Gasteiger partial charge in [-0.1, -0.05) is 0 Å². The summed E-state index contributed by atoms with van der Waals surface area (Å²) in [6.45, 7) is 0. The van der Waals surface area contributed by atoms with E-state index in [1.54, 1.807) is 0 Å². The molecular formula is H9Cl5N2. The highest BCUT2D eigenvalue weighted by Crippen LogP contribution is 0.694. The predicted molar refractivity (Wildman–Crippen MR) is 44.6 cm³/mol. The third-order valence-corrected chi connectivity index (χ3v) is 0. The van der Waals surface area contributed by atoms with Crippen molar-refractivity contribution in [1.29, 1.82) is 0 Å². The number of rotatable bonds is 0. The summed E-state index contributed by atoms with van der Waals surface area (Å²) in [5.74, 6) is 8.00. The van der Waals surface area contributed by atoms with Crippen LogP contribution in [0.25, 0.3) is 0 Å². The first-order valence-electron chi connectivity index (χ1n) is 0.333. The maximum atomic E-state index is 4.00. The Hall–Kier alpha value is 1.37. The maximum absolute atomic E-state index is 4.00. The van der Waals surface area contributed by atoms with Crippen LogP contribution in [0.15, 0.2) is 0 Å². The summed E-state index contributed by atoms with van der Waals surface area (Å²) in [7, 11) is 0. The van der Waals surface area contributed by atoms with E-state index in [2.05, 4.69) is 11.7 Å². The average molecular weight is 214 g/mol. The lowest BCUT2D eigenvalue weighted by Crippen LogP contribution is -2.02. The zero-order chi connectivity index (χ0) is 2.00. The molecule has 0 unspecified atom stereocenters. The number of hydrazine groups is 1. The number of halogens is 5. The zero-order valence-electron chi connectivity index (χ0n) is 3.20. The van der Waals surface area contributed by atoms with Gasteiger partial charge in [0.25, 0.3) is 0 Å². The quantitative estimate of drug-likeness (QED) is 0.465. The summed E-state index contributed by atoms with van der Waals surface area (Å²) in [4.78, 5) is 0. The minimum absolute atomic E-state index is 0. The molecule has 0 fully saturated rings. The topological polar surface area (TPSA) is 52.0 Å². The van der Waals surface area contributed by atoms with Crippen molar-refractivity contribution in [2.45, 2.75) is 0 Å². The molecule has 0 bridgehead atoms. The molecule has 0 saturated heterocycles. The van der Waals surface area contributed by atoms with Crippen LogP contribution in [0.1, 0.15) is 0 Å². The smallest absolute Gasteiger partial charge is 0.147 e. The van der Waals surface area contributed by atoms with Gasteiger partial charge in [-0.15, -0.1) is 62.0 Å². The van der Waals surface area contributed by atoms with Crippen LogP contribution in [0.2, 0.25) is 0 Å². The second kappa shape index (κ2) is 159. The average Bonchev–Trinajstić information content (AvgIpc) is 1.00. The van der Waals surface area contributed by atoms with Crippen molar-refractivity contribution in [3.8, 4) is 0 Å². The SMILES string of the molecule is Cl.Cl.Cl.Cl.Cl.NN. The summed E-state index contributed by atoms with van der Waals surface area (Å²) < 4.78 is 0. The molecule has 0 atom stereocenters. The van der Waals surface area contributed by atoms with E-state index < -0.39 is 0 Å². The molecule has 0 amide bonds. The molecule has 7 heavy (non-hydrogen) atoms. The molecule has 0 aliphatic heterocycles. The molecule has 0 rings (SSSR count). The molecule has 0 aromatic heterocycles. The first kappa shape index (κ1) is 80.9. The normalized spacial score (nSPS) is 0.857. The van der Waals surface area contributed by atoms with E-state index in [0.717, 1.165) is 0 Å². The molecule has 54 valence electrons. The predicted octanol–water partition coefficient (Wildman–Crippen LogP) is 0.928. The first-order valence-corrected chi connectivity index (χ1v) is 0.333. The van der Waals surface area contributed by atoms with Gasteiger partial charge in [0, 0.05) is 0 Å². The Bertz CT molecular complexity index is 6.04. The summed E-state index contributed by atoms with van der Waals surface area (Å²) in [6.07, 6.45) is 0. The molecular weight excluding hydrogens is 205 g/mol. The van der Waals surface area contributed by atoms with Gasteiger partial charge in [-0.3, -0.25) is 11.7 Å². The van der Waals surface area contributed by atoms with Crippen LogP contribution >= 0.6 is 62.0 Å². The van der Waals surface area contributed by atoms with Gasteiger partial charge in [0.2, 0.25) is 0 Å². The second-order valence-electron chi connectivity index (χ2n) is 0. The Morgan fingerprint density at radius 1 is 0.429 bits per heavy atom. The van der Waals surface area contributed by atoms with E-state index in [0.29, 0.717) is 0 Å². The standard InChI is InChI=1S/5ClH.H4N2/c;;;;;1-2/h5*1H;1-2H2.